The molecule has 0 saturated carbocycles. The molecule has 0 aromatic heterocycles. The molecule has 0 aliphatic carbocycles. The minimum atomic E-state index is -1.06. The van der Waals surface area contributed by atoms with E-state index in [2.05, 4.69) is 10.2 Å². The number of hydrogen-bond donors (Lipinski definition) is 2. The molecule has 36 heavy (non-hydrogen) atoms. The fourth-order valence-electron chi connectivity index (χ4n) is 6.75. The molecule has 4 atom stereocenters. The lowest BCUT2D eigenvalue weighted by molar-refractivity contribution is -0.135. The molecule has 190 valence electrons. The third-order valence-electron chi connectivity index (χ3n) is 8.42. The molecule has 2 aromatic rings. The standard InChI is InChI=1S/C27H30ClFN4O3/c1-27-15-19-18-13-20(28)21(29)14-22(18)30-23(19)24(16-6-4-7-17(34)12-16)33(27)26(36)32(25(27)35)11-5-10-31-8-2-3-9-31/h4,6-7,12-14,19,23-24,30,34H,2-3,5,8-11,15H2,1H3/t19?,23?,24-,27+/m1/s1. The largest absolute Gasteiger partial charge is 0.508 e. The summed E-state index contributed by atoms with van der Waals surface area (Å²) in [5, 5.41) is 13.7. The Morgan fingerprint density at radius 1 is 1.17 bits per heavy atom. The first-order chi connectivity index (χ1) is 17.3. The van der Waals surface area contributed by atoms with Crippen LogP contribution < -0.4 is 5.32 Å². The molecule has 9 heteroatoms. The lowest BCUT2D eigenvalue weighted by atomic mass is 9.72. The molecule has 0 radical (unpaired) electrons. The molecule has 0 bridgehead atoms. The van der Waals surface area contributed by atoms with Crippen LogP contribution in [0, 0.1) is 5.82 Å². The van der Waals surface area contributed by atoms with Crippen molar-refractivity contribution in [3.63, 3.8) is 0 Å². The zero-order valence-electron chi connectivity index (χ0n) is 20.2. The molecule has 2 N–H and O–H groups in total. The Labute approximate surface area is 214 Å². The number of urea groups is 1. The van der Waals surface area contributed by atoms with Gasteiger partial charge in [0.15, 0.2) is 0 Å². The number of benzene rings is 2. The van der Waals surface area contributed by atoms with Gasteiger partial charge in [0.2, 0.25) is 0 Å². The van der Waals surface area contributed by atoms with E-state index in [0.717, 1.165) is 37.2 Å². The number of rotatable bonds is 5. The number of nitrogens with zero attached hydrogens (tertiary/aromatic N) is 3. The first-order valence-corrected chi connectivity index (χ1v) is 13.1. The van der Waals surface area contributed by atoms with Gasteiger partial charge in [0, 0.05) is 18.2 Å². The van der Waals surface area contributed by atoms with Crippen LogP contribution in [-0.2, 0) is 4.79 Å². The van der Waals surface area contributed by atoms with Gasteiger partial charge in [0.1, 0.15) is 17.1 Å². The molecule has 3 fully saturated rings. The molecule has 7 nitrogen and oxygen atoms in total. The number of phenols is 1. The fraction of sp³-hybridized carbons (Fsp3) is 0.481. The summed E-state index contributed by atoms with van der Waals surface area (Å²) in [6.45, 7) is 5.23. The van der Waals surface area contributed by atoms with Gasteiger partial charge in [0.25, 0.3) is 5.91 Å². The SMILES string of the molecule is C[C@@]12CC3c4cc(Cl)c(F)cc4NC3[C@@H](c3cccc(O)c3)N1C(=O)N(CCCN1CCCC1)C2=O. The Morgan fingerprint density at radius 2 is 1.94 bits per heavy atom. The van der Waals surface area contributed by atoms with Crippen molar-refractivity contribution < 1.29 is 19.1 Å². The number of piperidine rings is 1. The number of amides is 3. The van der Waals surface area contributed by atoms with E-state index in [1.165, 1.54) is 23.8 Å². The smallest absolute Gasteiger partial charge is 0.328 e. The lowest BCUT2D eigenvalue weighted by Gasteiger charge is -2.48. The summed E-state index contributed by atoms with van der Waals surface area (Å²) in [7, 11) is 0. The van der Waals surface area contributed by atoms with Gasteiger partial charge in [-0.25, -0.2) is 9.18 Å². The quantitative estimate of drug-likeness (QED) is 0.567. The van der Waals surface area contributed by atoms with E-state index in [4.69, 9.17) is 11.6 Å². The van der Waals surface area contributed by atoms with Crippen molar-refractivity contribution in [2.24, 2.45) is 0 Å². The van der Waals surface area contributed by atoms with E-state index in [0.29, 0.717) is 18.7 Å². The topological polar surface area (TPSA) is 76.1 Å². The average Bonchev–Trinajstić information content (AvgIpc) is 3.52. The van der Waals surface area contributed by atoms with E-state index < -0.39 is 17.4 Å². The van der Waals surface area contributed by atoms with Crippen molar-refractivity contribution in [2.45, 2.75) is 56.1 Å². The van der Waals surface area contributed by atoms with Crippen molar-refractivity contribution >= 4 is 29.2 Å². The van der Waals surface area contributed by atoms with E-state index in [9.17, 15) is 19.1 Å². The highest BCUT2D eigenvalue weighted by Gasteiger charge is 2.63. The Hall–Kier alpha value is -2.84. The summed E-state index contributed by atoms with van der Waals surface area (Å²) in [4.78, 5) is 33.2. The lowest BCUT2D eigenvalue weighted by Crippen LogP contribution is -2.58. The number of nitrogens with one attached hydrogen (secondary N) is 1. The average molecular weight is 513 g/mol. The Bertz CT molecular complexity index is 1240. The van der Waals surface area contributed by atoms with Crippen LogP contribution in [0.3, 0.4) is 0 Å². The van der Waals surface area contributed by atoms with Crippen LogP contribution in [0.15, 0.2) is 36.4 Å². The molecule has 6 rings (SSSR count). The molecule has 4 aliphatic rings. The number of carbonyl (C=O) groups excluding carboxylic acids is 2. The van der Waals surface area contributed by atoms with Crippen molar-refractivity contribution in [1.29, 1.82) is 0 Å². The van der Waals surface area contributed by atoms with Gasteiger partial charge < -0.3 is 20.2 Å². The van der Waals surface area contributed by atoms with Crippen LogP contribution in [-0.4, -0.2) is 69.5 Å². The minimum absolute atomic E-state index is 0.0371. The number of fused-ring (bicyclic) bond motifs is 4. The van der Waals surface area contributed by atoms with Crippen molar-refractivity contribution in [3.8, 4) is 5.75 Å². The second-order valence-electron chi connectivity index (χ2n) is 10.7. The van der Waals surface area contributed by atoms with Crippen LogP contribution in [0.2, 0.25) is 5.02 Å². The zero-order chi connectivity index (χ0) is 25.2. The van der Waals surface area contributed by atoms with Gasteiger partial charge in [-0.3, -0.25) is 9.69 Å². The second-order valence-corrected chi connectivity index (χ2v) is 11.1. The number of imide groups is 1. The highest BCUT2D eigenvalue weighted by molar-refractivity contribution is 6.31. The first-order valence-electron chi connectivity index (χ1n) is 12.7. The Balaban J connectivity index is 1.37. The predicted molar refractivity (Wildman–Crippen MR) is 135 cm³/mol. The van der Waals surface area contributed by atoms with Gasteiger partial charge in [-0.2, -0.15) is 0 Å². The molecule has 4 aliphatic heterocycles. The molecule has 4 heterocycles. The normalized spacial score (nSPS) is 29.4. The van der Waals surface area contributed by atoms with E-state index in [1.54, 1.807) is 29.2 Å². The van der Waals surface area contributed by atoms with E-state index >= 15 is 0 Å². The maximum Gasteiger partial charge on any atom is 0.328 e. The maximum absolute atomic E-state index is 14.3. The summed E-state index contributed by atoms with van der Waals surface area (Å²) in [6.07, 6.45) is 3.54. The van der Waals surface area contributed by atoms with Gasteiger partial charge >= 0.3 is 6.03 Å². The number of hydrogen-bond acceptors (Lipinski definition) is 5. The van der Waals surface area contributed by atoms with Gasteiger partial charge in [-0.1, -0.05) is 23.7 Å². The summed E-state index contributed by atoms with van der Waals surface area (Å²) >= 11 is 6.15. The molecular weight excluding hydrogens is 483 g/mol. The molecule has 3 amide bonds. The Kier molecular flexibility index (Phi) is 5.64. The Morgan fingerprint density at radius 3 is 2.69 bits per heavy atom. The first kappa shape index (κ1) is 23.6. The molecule has 2 aromatic carbocycles. The number of aromatic hydroxyl groups is 1. The number of carbonyl (C=O) groups is 2. The summed E-state index contributed by atoms with van der Waals surface area (Å²) in [6, 6.07) is 8.70. The van der Waals surface area contributed by atoms with Crippen LogP contribution in [0.25, 0.3) is 0 Å². The van der Waals surface area contributed by atoms with Crippen LogP contribution >= 0.6 is 11.6 Å². The van der Waals surface area contributed by atoms with Crippen LogP contribution in [0.4, 0.5) is 14.9 Å². The fourth-order valence-corrected chi connectivity index (χ4v) is 6.92. The molecular formula is C27H30ClFN4O3. The minimum Gasteiger partial charge on any atom is -0.508 e. The molecule has 0 spiro atoms. The highest BCUT2D eigenvalue weighted by atomic mass is 35.5. The van der Waals surface area contributed by atoms with Crippen molar-refractivity contribution in [1.82, 2.24) is 14.7 Å². The maximum atomic E-state index is 14.3. The second kappa shape index (κ2) is 8.63. The number of halogens is 2. The molecule has 2 unspecified atom stereocenters. The zero-order valence-corrected chi connectivity index (χ0v) is 21.0. The summed E-state index contributed by atoms with van der Waals surface area (Å²) in [5.74, 6) is -0.785. The monoisotopic (exact) mass is 512 g/mol. The van der Waals surface area contributed by atoms with Crippen LogP contribution in [0.1, 0.15) is 55.7 Å². The summed E-state index contributed by atoms with van der Waals surface area (Å²) < 4.78 is 14.3. The van der Waals surface area contributed by atoms with Gasteiger partial charge in [0.05, 0.1) is 17.1 Å². The van der Waals surface area contributed by atoms with Gasteiger partial charge in [-0.15, -0.1) is 0 Å². The van der Waals surface area contributed by atoms with E-state index in [-0.39, 0.29) is 34.7 Å². The highest BCUT2D eigenvalue weighted by Crippen LogP contribution is 2.56. The van der Waals surface area contributed by atoms with E-state index in [1.807, 2.05) is 13.0 Å². The number of likely N-dealkylation sites (tertiary alicyclic amines) is 1. The van der Waals surface area contributed by atoms with Gasteiger partial charge in [-0.05, 0) is 87.6 Å². The molecule has 3 saturated heterocycles. The van der Waals surface area contributed by atoms with Crippen molar-refractivity contribution in [2.75, 3.05) is 31.5 Å². The predicted octanol–water partition coefficient (Wildman–Crippen LogP) is 4.72. The summed E-state index contributed by atoms with van der Waals surface area (Å²) in [5.41, 5.74) is 1.14. The third kappa shape index (κ3) is 3.57. The number of phenolic OH excluding ortho intramolecular Hbond substituents is 1. The van der Waals surface area contributed by atoms with Crippen LogP contribution in [0.5, 0.6) is 5.75 Å². The van der Waals surface area contributed by atoms with Crippen molar-refractivity contribution in [3.05, 3.63) is 58.4 Å². The third-order valence-corrected chi connectivity index (χ3v) is 8.71. The number of anilines is 1.